The minimum Gasteiger partial charge on any atom is -0.0622 e. The Labute approximate surface area is 57.6 Å². The molecule has 2 saturated carbocycles. The SMILES string of the molecule is C[C@@H]1CC[C@H]2CCC[C@H]21. The van der Waals surface area contributed by atoms with Crippen LogP contribution < -0.4 is 0 Å². The molecular weight excluding hydrogens is 108 g/mol. The molecule has 0 aromatic carbocycles. The number of fused-ring (bicyclic) bond motifs is 1. The van der Waals surface area contributed by atoms with Crippen LogP contribution in [-0.4, -0.2) is 0 Å². The van der Waals surface area contributed by atoms with Crippen LogP contribution in [0.25, 0.3) is 0 Å². The highest BCUT2D eigenvalue weighted by molar-refractivity contribution is 4.86. The van der Waals surface area contributed by atoms with Crippen molar-refractivity contribution in [3.05, 3.63) is 0 Å². The van der Waals surface area contributed by atoms with Gasteiger partial charge in [0.15, 0.2) is 0 Å². The zero-order valence-corrected chi connectivity index (χ0v) is 6.27. The first-order valence-corrected chi connectivity index (χ1v) is 4.38. The van der Waals surface area contributed by atoms with Crippen LogP contribution in [0.15, 0.2) is 0 Å². The molecule has 0 unspecified atom stereocenters. The lowest BCUT2D eigenvalue weighted by atomic mass is 9.94. The van der Waals surface area contributed by atoms with Crippen LogP contribution in [0.3, 0.4) is 0 Å². The first-order valence-electron chi connectivity index (χ1n) is 4.38. The van der Waals surface area contributed by atoms with Crippen molar-refractivity contribution in [2.45, 2.75) is 39.0 Å². The van der Waals surface area contributed by atoms with Crippen LogP contribution in [-0.2, 0) is 0 Å². The van der Waals surface area contributed by atoms with Crippen LogP contribution in [0.1, 0.15) is 39.0 Å². The van der Waals surface area contributed by atoms with Gasteiger partial charge in [0.05, 0.1) is 0 Å². The molecule has 3 atom stereocenters. The lowest BCUT2D eigenvalue weighted by Crippen LogP contribution is -2.04. The van der Waals surface area contributed by atoms with Crippen LogP contribution >= 0.6 is 0 Å². The summed E-state index contributed by atoms with van der Waals surface area (Å²) in [5.74, 6) is 3.36. The smallest absolute Gasteiger partial charge is 0.0360 e. The third-order valence-electron chi connectivity index (χ3n) is 3.44. The van der Waals surface area contributed by atoms with Crippen LogP contribution in [0.4, 0.5) is 0 Å². The van der Waals surface area contributed by atoms with E-state index in [0.29, 0.717) is 0 Å². The molecule has 0 nitrogen and oxygen atoms in total. The van der Waals surface area contributed by atoms with E-state index in [1.54, 1.807) is 19.3 Å². The fraction of sp³-hybridized carbons (Fsp3) is 1.00. The van der Waals surface area contributed by atoms with Crippen molar-refractivity contribution in [3.63, 3.8) is 0 Å². The van der Waals surface area contributed by atoms with E-state index in [0.717, 1.165) is 17.8 Å². The second-order valence-electron chi connectivity index (χ2n) is 3.91. The van der Waals surface area contributed by atoms with Crippen molar-refractivity contribution in [1.82, 2.24) is 0 Å². The molecule has 0 aromatic rings. The Morgan fingerprint density at radius 2 is 1.89 bits per heavy atom. The van der Waals surface area contributed by atoms with Gasteiger partial charge in [-0.25, -0.2) is 0 Å². The molecular formula is C9H16. The van der Waals surface area contributed by atoms with Crippen LogP contribution in [0.5, 0.6) is 0 Å². The quantitative estimate of drug-likeness (QED) is 0.466. The predicted molar refractivity (Wildman–Crippen MR) is 39.2 cm³/mol. The first-order chi connectivity index (χ1) is 4.38. The highest BCUT2D eigenvalue weighted by Gasteiger charge is 2.36. The van der Waals surface area contributed by atoms with E-state index in [2.05, 4.69) is 6.92 Å². The first kappa shape index (κ1) is 5.76. The Morgan fingerprint density at radius 3 is 2.67 bits per heavy atom. The Balaban J connectivity index is 2.07. The van der Waals surface area contributed by atoms with Crippen molar-refractivity contribution in [2.75, 3.05) is 0 Å². The summed E-state index contributed by atoms with van der Waals surface area (Å²) >= 11 is 0. The van der Waals surface area contributed by atoms with E-state index in [9.17, 15) is 0 Å². The summed E-state index contributed by atoms with van der Waals surface area (Å²) in [5.41, 5.74) is 0. The van der Waals surface area contributed by atoms with E-state index in [1.807, 2.05) is 0 Å². The molecule has 2 rings (SSSR count). The van der Waals surface area contributed by atoms with E-state index in [1.165, 1.54) is 12.8 Å². The molecule has 2 aliphatic carbocycles. The van der Waals surface area contributed by atoms with Gasteiger partial charge in [0.2, 0.25) is 0 Å². The largest absolute Gasteiger partial charge is 0.0622 e. The summed E-state index contributed by atoms with van der Waals surface area (Å²) in [7, 11) is 0. The predicted octanol–water partition coefficient (Wildman–Crippen LogP) is 2.83. The maximum atomic E-state index is 2.44. The molecule has 0 bridgehead atoms. The van der Waals surface area contributed by atoms with Gasteiger partial charge >= 0.3 is 0 Å². The summed E-state index contributed by atoms with van der Waals surface area (Å²) < 4.78 is 0. The molecule has 0 radical (unpaired) electrons. The summed E-state index contributed by atoms with van der Waals surface area (Å²) in [6.45, 7) is 2.44. The summed E-state index contributed by atoms with van der Waals surface area (Å²) in [6, 6.07) is 0. The molecule has 2 fully saturated rings. The second-order valence-corrected chi connectivity index (χ2v) is 3.91. The number of rotatable bonds is 0. The molecule has 9 heavy (non-hydrogen) atoms. The molecule has 0 N–H and O–H groups in total. The Hall–Kier alpha value is 0. The normalized spacial score (nSPS) is 49.7. The second kappa shape index (κ2) is 2.00. The van der Waals surface area contributed by atoms with E-state index in [4.69, 9.17) is 0 Å². The summed E-state index contributed by atoms with van der Waals surface area (Å²) in [6.07, 6.45) is 7.70. The van der Waals surface area contributed by atoms with Gasteiger partial charge in [-0.3, -0.25) is 0 Å². The minimum atomic E-state index is 1.07. The van der Waals surface area contributed by atoms with Gasteiger partial charge in [0.1, 0.15) is 0 Å². The topological polar surface area (TPSA) is 0 Å². The molecule has 0 aromatic heterocycles. The third-order valence-corrected chi connectivity index (χ3v) is 3.44. The molecule has 0 saturated heterocycles. The van der Waals surface area contributed by atoms with E-state index < -0.39 is 0 Å². The Kier molecular flexibility index (Phi) is 1.28. The lowest BCUT2D eigenvalue weighted by molar-refractivity contribution is 0.376. The van der Waals surface area contributed by atoms with Gasteiger partial charge in [0, 0.05) is 0 Å². The molecule has 0 amide bonds. The van der Waals surface area contributed by atoms with Crippen LogP contribution in [0.2, 0.25) is 0 Å². The summed E-state index contributed by atoms with van der Waals surface area (Å²) in [4.78, 5) is 0. The average molecular weight is 124 g/mol. The van der Waals surface area contributed by atoms with Crippen molar-refractivity contribution >= 4 is 0 Å². The average Bonchev–Trinajstić information content (AvgIpc) is 2.35. The number of hydrogen-bond donors (Lipinski definition) is 0. The summed E-state index contributed by atoms with van der Waals surface area (Å²) in [5, 5.41) is 0. The maximum absolute atomic E-state index is 2.44. The minimum absolute atomic E-state index is 1.07. The highest BCUT2D eigenvalue weighted by Crippen LogP contribution is 2.46. The molecule has 0 aliphatic heterocycles. The molecule has 2 aliphatic rings. The van der Waals surface area contributed by atoms with Gasteiger partial charge in [-0.2, -0.15) is 0 Å². The zero-order chi connectivity index (χ0) is 6.27. The Morgan fingerprint density at radius 1 is 1.00 bits per heavy atom. The van der Waals surface area contributed by atoms with E-state index in [-0.39, 0.29) is 0 Å². The molecule has 0 heteroatoms. The monoisotopic (exact) mass is 124 g/mol. The van der Waals surface area contributed by atoms with Gasteiger partial charge in [-0.1, -0.05) is 26.2 Å². The molecule has 52 valence electrons. The van der Waals surface area contributed by atoms with Crippen molar-refractivity contribution < 1.29 is 0 Å². The van der Waals surface area contributed by atoms with Crippen molar-refractivity contribution in [2.24, 2.45) is 17.8 Å². The zero-order valence-electron chi connectivity index (χ0n) is 6.27. The number of hydrogen-bond acceptors (Lipinski definition) is 0. The molecule has 0 heterocycles. The Bertz CT molecular complexity index is 107. The van der Waals surface area contributed by atoms with E-state index >= 15 is 0 Å². The maximum Gasteiger partial charge on any atom is -0.0360 e. The fourth-order valence-corrected chi connectivity index (χ4v) is 2.86. The van der Waals surface area contributed by atoms with Gasteiger partial charge < -0.3 is 0 Å². The highest BCUT2D eigenvalue weighted by atomic mass is 14.4. The van der Waals surface area contributed by atoms with Crippen molar-refractivity contribution in [1.29, 1.82) is 0 Å². The van der Waals surface area contributed by atoms with Crippen molar-refractivity contribution in [3.8, 4) is 0 Å². The third kappa shape index (κ3) is 0.798. The molecule has 0 spiro atoms. The van der Waals surface area contributed by atoms with Gasteiger partial charge in [-0.05, 0) is 30.6 Å². The van der Waals surface area contributed by atoms with Gasteiger partial charge in [-0.15, -0.1) is 0 Å². The fourth-order valence-electron chi connectivity index (χ4n) is 2.86. The van der Waals surface area contributed by atoms with Crippen LogP contribution in [0, 0.1) is 17.8 Å². The van der Waals surface area contributed by atoms with Gasteiger partial charge in [0.25, 0.3) is 0 Å². The standard InChI is InChI=1S/C9H16/c1-7-5-6-8-3-2-4-9(7)8/h7-9H,2-6H2,1H3/t7-,8-,9+/m1/s1. The lowest BCUT2D eigenvalue weighted by Gasteiger charge is -2.11.